The summed E-state index contributed by atoms with van der Waals surface area (Å²) in [5, 5.41) is 6.34. The number of anilines is 1. The van der Waals surface area contributed by atoms with E-state index < -0.39 is 0 Å². The van der Waals surface area contributed by atoms with Crippen LogP contribution in [0.4, 0.5) is 5.82 Å². The molecule has 3 heterocycles. The van der Waals surface area contributed by atoms with Gasteiger partial charge in [-0.2, -0.15) is 0 Å². The van der Waals surface area contributed by atoms with Crippen LogP contribution in [-0.2, 0) is 13.0 Å². The third kappa shape index (κ3) is 5.42. The van der Waals surface area contributed by atoms with Gasteiger partial charge in [-0.1, -0.05) is 60.2 Å². The normalized spacial score (nSPS) is 17.3. The number of pyridine rings is 1. The molecule has 5 heteroatoms. The molecular weight excluding hydrogens is 567 g/mol. The van der Waals surface area contributed by atoms with E-state index in [1.165, 1.54) is 50.4 Å². The Morgan fingerprint density at radius 3 is 2.84 bits per heavy atom. The third-order valence-corrected chi connectivity index (χ3v) is 8.40. The molecule has 5 aromatic rings. The molecule has 0 radical (unpaired) electrons. The van der Waals surface area contributed by atoms with Crippen molar-refractivity contribution in [3.63, 3.8) is 0 Å². The summed E-state index contributed by atoms with van der Waals surface area (Å²) >= 11 is 2.40. The highest BCUT2D eigenvalue weighted by molar-refractivity contribution is 14.1. The van der Waals surface area contributed by atoms with Gasteiger partial charge in [-0.05, 0) is 95.1 Å². The summed E-state index contributed by atoms with van der Waals surface area (Å²) in [6.45, 7) is 0.743. The first-order valence-corrected chi connectivity index (χ1v) is 14.3. The first-order chi connectivity index (χ1) is 18.2. The Morgan fingerprint density at radius 1 is 1.00 bits per heavy atom. The summed E-state index contributed by atoms with van der Waals surface area (Å²) in [5.74, 6) is 1.58. The van der Waals surface area contributed by atoms with Crippen molar-refractivity contribution in [2.75, 3.05) is 5.32 Å². The lowest BCUT2D eigenvalue weighted by Gasteiger charge is -2.17. The lowest BCUT2D eigenvalue weighted by Crippen LogP contribution is -2.09. The van der Waals surface area contributed by atoms with Crippen LogP contribution in [-0.4, -0.2) is 14.4 Å². The molecule has 1 saturated carbocycles. The zero-order chi connectivity index (χ0) is 25.0. The number of halogens is 1. The minimum absolute atomic E-state index is 0.484. The molecule has 4 nitrogen and oxygen atoms in total. The Hall–Kier alpha value is -3.19. The van der Waals surface area contributed by atoms with Gasteiger partial charge in [0.25, 0.3) is 0 Å². The third-order valence-electron chi connectivity index (χ3n) is 7.56. The van der Waals surface area contributed by atoms with Gasteiger partial charge < -0.3 is 5.32 Å². The average molecular weight is 599 g/mol. The number of benzene rings is 2. The molecule has 186 valence electrons. The van der Waals surface area contributed by atoms with E-state index in [1.807, 2.05) is 18.5 Å². The molecule has 1 N–H and O–H groups in total. The van der Waals surface area contributed by atoms with Crippen LogP contribution < -0.4 is 5.32 Å². The monoisotopic (exact) mass is 598 g/mol. The van der Waals surface area contributed by atoms with Crippen molar-refractivity contribution in [3.8, 4) is 0 Å². The van der Waals surface area contributed by atoms with Crippen LogP contribution in [0.15, 0.2) is 97.0 Å². The van der Waals surface area contributed by atoms with E-state index in [4.69, 9.17) is 4.98 Å². The number of fused-ring (bicyclic) bond motifs is 2. The molecule has 6 rings (SSSR count). The van der Waals surface area contributed by atoms with E-state index in [2.05, 4.69) is 110 Å². The molecule has 1 aliphatic rings. The second-order valence-electron chi connectivity index (χ2n) is 9.97. The van der Waals surface area contributed by atoms with E-state index in [0.29, 0.717) is 5.92 Å². The second kappa shape index (κ2) is 11.1. The predicted molar refractivity (Wildman–Crippen MR) is 161 cm³/mol. The van der Waals surface area contributed by atoms with Gasteiger partial charge in [0.1, 0.15) is 5.82 Å². The van der Waals surface area contributed by atoms with E-state index in [0.717, 1.165) is 37.3 Å². The first-order valence-electron chi connectivity index (χ1n) is 13.2. The van der Waals surface area contributed by atoms with Crippen molar-refractivity contribution in [1.29, 1.82) is 0 Å². The van der Waals surface area contributed by atoms with Crippen molar-refractivity contribution < 1.29 is 0 Å². The van der Waals surface area contributed by atoms with E-state index in [-0.39, 0.29) is 0 Å². The van der Waals surface area contributed by atoms with Crippen molar-refractivity contribution >= 4 is 44.8 Å². The molecule has 1 unspecified atom stereocenters. The van der Waals surface area contributed by atoms with Crippen LogP contribution in [0, 0.1) is 3.57 Å². The van der Waals surface area contributed by atoms with Crippen LogP contribution in [0.3, 0.4) is 0 Å². The topological polar surface area (TPSA) is 42.2 Å². The maximum Gasteiger partial charge on any atom is 0.152 e. The summed E-state index contributed by atoms with van der Waals surface area (Å²) in [6, 6.07) is 23.9. The molecular formula is C32H31IN4. The van der Waals surface area contributed by atoms with Gasteiger partial charge in [0, 0.05) is 42.8 Å². The van der Waals surface area contributed by atoms with Crippen LogP contribution in [0.1, 0.15) is 54.8 Å². The van der Waals surface area contributed by atoms with Gasteiger partial charge in [0.15, 0.2) is 5.65 Å². The maximum absolute atomic E-state index is 5.15. The van der Waals surface area contributed by atoms with Gasteiger partial charge in [0.05, 0.1) is 3.57 Å². The Morgan fingerprint density at radius 2 is 1.92 bits per heavy atom. The second-order valence-corrected chi connectivity index (χ2v) is 11.1. The van der Waals surface area contributed by atoms with Crippen LogP contribution in [0.2, 0.25) is 0 Å². The number of nitrogens with one attached hydrogen (secondary N) is 1. The van der Waals surface area contributed by atoms with Crippen molar-refractivity contribution in [3.05, 3.63) is 117 Å². The fraction of sp³-hybridized carbons (Fsp3) is 0.250. The SMILES string of the molecule is Ic1ccn2c(NCc3cccnc3)cc(C3CCCC(=CCc4cccc5ccccc45)CC3)nc12. The number of allylic oxidation sites excluding steroid dienone is 2. The minimum atomic E-state index is 0.484. The van der Waals surface area contributed by atoms with Crippen LogP contribution >= 0.6 is 22.6 Å². The van der Waals surface area contributed by atoms with Gasteiger partial charge in [-0.25, -0.2) is 4.98 Å². The average Bonchev–Trinajstić information content (AvgIpc) is 3.16. The van der Waals surface area contributed by atoms with Gasteiger partial charge in [-0.15, -0.1) is 0 Å². The largest absolute Gasteiger partial charge is 0.367 e. The summed E-state index contributed by atoms with van der Waals surface area (Å²) < 4.78 is 3.36. The highest BCUT2D eigenvalue weighted by Crippen LogP contribution is 2.35. The highest BCUT2D eigenvalue weighted by Gasteiger charge is 2.20. The zero-order valence-corrected chi connectivity index (χ0v) is 23.1. The summed E-state index contributed by atoms with van der Waals surface area (Å²) in [7, 11) is 0. The number of aromatic nitrogens is 3. The number of nitrogens with zero attached hydrogens (tertiary/aromatic N) is 3. The minimum Gasteiger partial charge on any atom is -0.367 e. The van der Waals surface area contributed by atoms with Crippen LogP contribution in [0.5, 0.6) is 0 Å². The van der Waals surface area contributed by atoms with Crippen molar-refractivity contribution in [1.82, 2.24) is 14.4 Å². The Bertz CT molecular complexity index is 1550. The fourth-order valence-electron chi connectivity index (χ4n) is 5.54. The zero-order valence-electron chi connectivity index (χ0n) is 20.9. The Labute approximate surface area is 232 Å². The molecule has 0 spiro atoms. The Kier molecular flexibility index (Phi) is 7.22. The van der Waals surface area contributed by atoms with E-state index in [9.17, 15) is 0 Å². The molecule has 1 fully saturated rings. The molecule has 0 aliphatic heterocycles. The van der Waals surface area contributed by atoms with Crippen LogP contribution in [0.25, 0.3) is 16.4 Å². The summed E-state index contributed by atoms with van der Waals surface area (Å²) in [5.41, 5.74) is 6.46. The molecule has 3 aromatic heterocycles. The maximum atomic E-state index is 5.15. The van der Waals surface area contributed by atoms with E-state index in [1.54, 1.807) is 5.57 Å². The predicted octanol–water partition coefficient (Wildman–Crippen LogP) is 8.32. The molecule has 1 atom stereocenters. The number of hydrogen-bond acceptors (Lipinski definition) is 3. The smallest absolute Gasteiger partial charge is 0.152 e. The lowest BCUT2D eigenvalue weighted by molar-refractivity contribution is 0.580. The number of hydrogen-bond donors (Lipinski definition) is 1. The van der Waals surface area contributed by atoms with Gasteiger partial charge in [-0.3, -0.25) is 9.38 Å². The quantitative estimate of drug-likeness (QED) is 0.121. The highest BCUT2D eigenvalue weighted by atomic mass is 127. The van der Waals surface area contributed by atoms with Gasteiger partial charge >= 0.3 is 0 Å². The fourth-order valence-corrected chi connectivity index (χ4v) is 6.08. The molecule has 1 aliphatic carbocycles. The van der Waals surface area contributed by atoms with E-state index >= 15 is 0 Å². The van der Waals surface area contributed by atoms with Gasteiger partial charge in [0.2, 0.25) is 0 Å². The molecule has 0 bridgehead atoms. The molecule has 2 aromatic carbocycles. The first kappa shape index (κ1) is 24.2. The lowest BCUT2D eigenvalue weighted by atomic mass is 9.95. The molecule has 0 amide bonds. The van der Waals surface area contributed by atoms with Crippen molar-refractivity contribution in [2.24, 2.45) is 0 Å². The number of rotatable bonds is 6. The standard InChI is InChI=1S/C32H31IN4/c33-29-17-19-37-31(35-22-24-7-5-18-34-21-24)20-30(36-32(29)37)27-11-3-6-23(14-16-27)13-15-26-10-4-9-25-8-1-2-12-28(25)26/h1-2,4-5,7-10,12-13,17-21,27,35H,3,6,11,14-16,22H2. The molecule has 37 heavy (non-hydrogen) atoms. The van der Waals surface area contributed by atoms with Crippen molar-refractivity contribution in [2.45, 2.75) is 51.0 Å². The Balaban J connectivity index is 1.20. The molecule has 0 saturated heterocycles. The summed E-state index contributed by atoms with van der Waals surface area (Å²) in [6.07, 6.45) is 15.3. The summed E-state index contributed by atoms with van der Waals surface area (Å²) in [4.78, 5) is 9.41.